The molecule has 2 nitrogen and oxygen atoms in total. The van der Waals surface area contributed by atoms with Crippen molar-refractivity contribution in [2.24, 2.45) is 0 Å². The Balaban J connectivity index is 0.00000169. The second-order valence-corrected chi connectivity index (χ2v) is 7.38. The van der Waals surface area contributed by atoms with E-state index in [0.29, 0.717) is 0 Å². The zero-order valence-electron chi connectivity index (χ0n) is 16.0. The first-order chi connectivity index (χ1) is 11.3. The van der Waals surface area contributed by atoms with Gasteiger partial charge in [0, 0.05) is 0 Å². The SMILES string of the molecule is Cc1ccc(-n2ccn(-c3ccc(C)c(C)c3C)[c]2=[Ru])c(C)c1C.Cl.Cl. The van der Waals surface area contributed by atoms with Gasteiger partial charge in [0.2, 0.25) is 0 Å². The number of rotatable bonds is 2. The largest absolute Gasteiger partial charge is 0.147 e. The first-order valence-corrected chi connectivity index (χ1v) is 9.11. The molecule has 0 saturated carbocycles. The van der Waals surface area contributed by atoms with Gasteiger partial charge in [-0.1, -0.05) is 0 Å². The Morgan fingerprint density at radius 3 is 1.27 bits per heavy atom. The number of benzene rings is 2. The van der Waals surface area contributed by atoms with Crippen molar-refractivity contribution in [2.75, 3.05) is 0 Å². The fraction of sp³-hybridized carbons (Fsp3) is 0.286. The summed E-state index contributed by atoms with van der Waals surface area (Å²) >= 11 is 2.79. The van der Waals surface area contributed by atoms with Crippen LogP contribution in [0.1, 0.15) is 33.4 Å². The maximum atomic E-state index is 2.79. The maximum Gasteiger partial charge on any atom is -0.147 e. The third-order valence-electron chi connectivity index (χ3n) is 5.33. The molecule has 1 heterocycles. The second kappa shape index (κ2) is 8.69. The van der Waals surface area contributed by atoms with Crippen LogP contribution in [-0.4, -0.2) is 9.13 Å². The summed E-state index contributed by atoms with van der Waals surface area (Å²) in [6.07, 6.45) is 4.30. The minimum atomic E-state index is 0. The van der Waals surface area contributed by atoms with Gasteiger partial charge in [0.15, 0.2) is 0 Å². The van der Waals surface area contributed by atoms with Crippen LogP contribution in [0.3, 0.4) is 0 Å². The molecule has 0 bridgehead atoms. The molecular weight excluding hydrogens is 452 g/mol. The van der Waals surface area contributed by atoms with E-state index in [-0.39, 0.29) is 24.8 Å². The topological polar surface area (TPSA) is 9.86 Å². The zero-order valence-corrected chi connectivity index (χ0v) is 19.4. The van der Waals surface area contributed by atoms with Gasteiger partial charge in [0.25, 0.3) is 0 Å². The molecular formula is C21H26Cl2N2Ru. The van der Waals surface area contributed by atoms with Crippen LogP contribution in [0.15, 0.2) is 36.7 Å². The summed E-state index contributed by atoms with van der Waals surface area (Å²) in [5, 5.41) is 0. The van der Waals surface area contributed by atoms with Crippen LogP contribution in [0.4, 0.5) is 0 Å². The van der Waals surface area contributed by atoms with E-state index in [1.54, 1.807) is 0 Å². The Bertz CT molecular complexity index is 922. The van der Waals surface area contributed by atoms with Crippen molar-refractivity contribution >= 4 is 24.8 Å². The van der Waals surface area contributed by atoms with E-state index in [0.717, 1.165) is 4.01 Å². The minimum absolute atomic E-state index is 0. The van der Waals surface area contributed by atoms with Crippen LogP contribution in [0, 0.1) is 45.6 Å². The van der Waals surface area contributed by atoms with E-state index in [9.17, 15) is 0 Å². The van der Waals surface area contributed by atoms with Crippen LogP contribution in [0.25, 0.3) is 11.4 Å². The summed E-state index contributed by atoms with van der Waals surface area (Å²) in [5.74, 6) is 0. The molecule has 3 rings (SSSR count). The summed E-state index contributed by atoms with van der Waals surface area (Å²) < 4.78 is 5.66. The molecule has 0 atom stereocenters. The van der Waals surface area contributed by atoms with Crippen molar-refractivity contribution < 1.29 is 17.9 Å². The van der Waals surface area contributed by atoms with E-state index in [1.807, 2.05) is 0 Å². The first-order valence-electron chi connectivity index (χ1n) is 8.24. The van der Waals surface area contributed by atoms with Crippen LogP contribution < -0.4 is 0 Å². The van der Waals surface area contributed by atoms with Crippen molar-refractivity contribution in [3.63, 3.8) is 0 Å². The van der Waals surface area contributed by atoms with E-state index in [1.165, 1.54) is 44.8 Å². The Labute approximate surface area is 178 Å². The van der Waals surface area contributed by atoms with Gasteiger partial charge in [-0.3, -0.25) is 0 Å². The van der Waals surface area contributed by atoms with Crippen molar-refractivity contribution in [3.05, 3.63) is 74.1 Å². The third kappa shape index (κ3) is 3.76. The van der Waals surface area contributed by atoms with Crippen molar-refractivity contribution in [2.45, 2.75) is 41.5 Å². The van der Waals surface area contributed by atoms with Gasteiger partial charge in [-0.05, 0) is 0 Å². The van der Waals surface area contributed by atoms with Crippen LogP contribution in [0.2, 0.25) is 0 Å². The fourth-order valence-corrected chi connectivity index (χ4v) is 3.81. The molecule has 0 saturated heterocycles. The maximum absolute atomic E-state index is 2.79. The van der Waals surface area contributed by atoms with E-state index >= 15 is 0 Å². The molecule has 0 fully saturated rings. The Morgan fingerprint density at radius 2 is 0.923 bits per heavy atom. The molecule has 0 aliphatic heterocycles. The molecule has 5 heteroatoms. The summed E-state index contributed by atoms with van der Waals surface area (Å²) in [6.45, 7) is 13.1. The molecule has 0 N–H and O–H groups in total. The molecule has 26 heavy (non-hydrogen) atoms. The molecule has 0 unspecified atom stereocenters. The van der Waals surface area contributed by atoms with Gasteiger partial charge in [-0.25, -0.2) is 0 Å². The fourth-order valence-electron chi connectivity index (χ4n) is 3.13. The van der Waals surface area contributed by atoms with Gasteiger partial charge in [-0.2, -0.15) is 0 Å². The Morgan fingerprint density at radius 1 is 0.577 bits per heavy atom. The number of halogens is 2. The van der Waals surface area contributed by atoms with Crippen LogP contribution in [0.5, 0.6) is 0 Å². The van der Waals surface area contributed by atoms with Gasteiger partial charge in [0.05, 0.1) is 0 Å². The molecule has 0 amide bonds. The third-order valence-corrected chi connectivity index (χ3v) is 6.17. The molecule has 0 radical (unpaired) electrons. The number of nitrogens with zero attached hydrogens (tertiary/aromatic N) is 2. The molecule has 0 aliphatic carbocycles. The van der Waals surface area contributed by atoms with Gasteiger partial charge in [0.1, 0.15) is 0 Å². The van der Waals surface area contributed by atoms with E-state index in [4.69, 9.17) is 0 Å². The second-order valence-electron chi connectivity index (χ2n) is 6.60. The van der Waals surface area contributed by atoms with Crippen molar-refractivity contribution in [1.29, 1.82) is 0 Å². The van der Waals surface area contributed by atoms with E-state index < -0.39 is 0 Å². The quantitative estimate of drug-likeness (QED) is 0.398. The van der Waals surface area contributed by atoms with Gasteiger partial charge < -0.3 is 0 Å². The minimum Gasteiger partial charge on any atom is -0.147 e. The molecule has 3 aromatic rings. The smallest absolute Gasteiger partial charge is 0.147 e. The van der Waals surface area contributed by atoms with Gasteiger partial charge >= 0.3 is 154 Å². The van der Waals surface area contributed by atoms with Gasteiger partial charge in [-0.15, -0.1) is 24.8 Å². The summed E-state index contributed by atoms with van der Waals surface area (Å²) in [4.78, 5) is 0. The average molecular weight is 478 g/mol. The number of aromatic nitrogens is 2. The number of hydrogen-bond donors (Lipinski definition) is 0. The molecule has 0 spiro atoms. The summed E-state index contributed by atoms with van der Waals surface area (Å²) in [6, 6.07) is 8.83. The number of imidazole rings is 1. The molecule has 2 aromatic carbocycles. The van der Waals surface area contributed by atoms with Crippen molar-refractivity contribution in [3.8, 4) is 11.4 Å². The predicted octanol–water partition coefficient (Wildman–Crippen LogP) is 6.04. The van der Waals surface area contributed by atoms with Crippen molar-refractivity contribution in [1.82, 2.24) is 9.13 Å². The summed E-state index contributed by atoms with van der Waals surface area (Å²) in [7, 11) is 0. The van der Waals surface area contributed by atoms with Crippen LogP contribution in [-0.2, 0) is 17.9 Å². The Kier molecular flexibility index (Phi) is 7.66. The molecule has 0 aliphatic rings. The standard InChI is InChI=1S/C21H24N2.2ClH.Ru/c1-14-7-9-20(18(5)16(14)3)22-11-12-23(13-22)21-10-8-15(2)17(4)19(21)6;;;/h7-12H,1-6H3;2*1H;. The van der Waals surface area contributed by atoms with E-state index in [2.05, 4.69) is 105 Å². The number of hydrogen-bond acceptors (Lipinski definition) is 0. The predicted molar refractivity (Wildman–Crippen MR) is 111 cm³/mol. The monoisotopic (exact) mass is 478 g/mol. The van der Waals surface area contributed by atoms with Crippen LogP contribution >= 0.6 is 24.8 Å². The normalized spacial score (nSPS) is 10.3. The molecule has 1 aromatic heterocycles. The number of aryl methyl sites for hydroxylation is 2. The zero-order chi connectivity index (χ0) is 17.6. The average Bonchev–Trinajstić information content (AvgIpc) is 2.92. The molecule has 142 valence electrons. The Hall–Kier alpha value is -1.15. The first kappa shape index (κ1) is 22.9. The summed E-state index contributed by atoms with van der Waals surface area (Å²) in [5.41, 5.74) is 10.6.